The Hall–Kier alpha value is -3.20. The van der Waals surface area contributed by atoms with Crippen LogP contribution in [0, 0.1) is 12.7 Å². The zero-order valence-corrected chi connectivity index (χ0v) is 16.7. The van der Waals surface area contributed by atoms with Crippen molar-refractivity contribution in [1.29, 1.82) is 0 Å². The molecular formula is C19H19ClFN7O. The fourth-order valence-corrected chi connectivity index (χ4v) is 3.49. The van der Waals surface area contributed by atoms with Gasteiger partial charge in [0.25, 0.3) is 0 Å². The van der Waals surface area contributed by atoms with E-state index in [2.05, 4.69) is 25.9 Å². The Morgan fingerprint density at radius 2 is 2.14 bits per heavy atom. The number of fused-ring (bicyclic) bond motifs is 1. The summed E-state index contributed by atoms with van der Waals surface area (Å²) in [6.45, 7) is 2.94. The van der Waals surface area contributed by atoms with Gasteiger partial charge >= 0.3 is 0 Å². The monoisotopic (exact) mass is 415 g/mol. The topological polar surface area (TPSA) is 88.0 Å². The summed E-state index contributed by atoms with van der Waals surface area (Å²) in [5.41, 5.74) is 3.79. The molecule has 3 aromatic rings. The SMILES string of the molecule is Cc1nc(NCc2cn(Cc3cc(F)cc(Cl)c3)nn2)cc2c1NC(=O)CN2C. The van der Waals surface area contributed by atoms with Gasteiger partial charge in [-0.25, -0.2) is 14.1 Å². The minimum atomic E-state index is -0.385. The van der Waals surface area contributed by atoms with Crippen LogP contribution in [0.1, 0.15) is 17.0 Å². The molecule has 1 aromatic carbocycles. The van der Waals surface area contributed by atoms with Crippen molar-refractivity contribution in [3.05, 3.63) is 58.3 Å². The maximum absolute atomic E-state index is 13.5. The molecule has 0 spiro atoms. The maximum Gasteiger partial charge on any atom is 0.243 e. The molecule has 0 unspecified atom stereocenters. The molecule has 0 atom stereocenters. The van der Waals surface area contributed by atoms with Crippen LogP contribution in [-0.4, -0.2) is 39.5 Å². The summed E-state index contributed by atoms with van der Waals surface area (Å²) in [7, 11) is 1.87. The van der Waals surface area contributed by atoms with Crippen molar-refractivity contribution >= 4 is 34.7 Å². The van der Waals surface area contributed by atoms with Crippen molar-refractivity contribution < 1.29 is 9.18 Å². The molecule has 2 N–H and O–H groups in total. The first-order chi connectivity index (χ1) is 13.9. The van der Waals surface area contributed by atoms with Crippen molar-refractivity contribution in [2.24, 2.45) is 0 Å². The van der Waals surface area contributed by atoms with Crippen LogP contribution in [0.4, 0.5) is 21.6 Å². The molecule has 0 saturated heterocycles. The summed E-state index contributed by atoms with van der Waals surface area (Å²) in [4.78, 5) is 18.1. The van der Waals surface area contributed by atoms with Crippen LogP contribution in [0.2, 0.25) is 5.02 Å². The molecule has 3 heterocycles. The number of rotatable bonds is 5. The van der Waals surface area contributed by atoms with E-state index >= 15 is 0 Å². The molecule has 29 heavy (non-hydrogen) atoms. The maximum atomic E-state index is 13.5. The Kier molecular flexibility index (Phi) is 5.06. The first-order valence-electron chi connectivity index (χ1n) is 8.98. The number of benzene rings is 1. The number of hydrogen-bond donors (Lipinski definition) is 2. The van der Waals surface area contributed by atoms with Crippen LogP contribution in [0.15, 0.2) is 30.5 Å². The molecule has 1 aliphatic rings. The van der Waals surface area contributed by atoms with E-state index in [4.69, 9.17) is 11.6 Å². The van der Waals surface area contributed by atoms with Gasteiger partial charge in [-0.05, 0) is 30.7 Å². The number of pyridine rings is 1. The smallest absolute Gasteiger partial charge is 0.243 e. The van der Waals surface area contributed by atoms with Crippen LogP contribution < -0.4 is 15.5 Å². The highest BCUT2D eigenvalue weighted by atomic mass is 35.5. The van der Waals surface area contributed by atoms with Crippen molar-refractivity contribution in [1.82, 2.24) is 20.0 Å². The molecule has 10 heteroatoms. The summed E-state index contributed by atoms with van der Waals surface area (Å²) in [5, 5.41) is 14.6. The molecule has 0 bridgehead atoms. The van der Waals surface area contributed by atoms with E-state index in [1.54, 1.807) is 16.9 Å². The average Bonchev–Trinajstić information content (AvgIpc) is 3.07. The van der Waals surface area contributed by atoms with Gasteiger partial charge in [0.1, 0.15) is 17.3 Å². The van der Waals surface area contributed by atoms with Gasteiger partial charge in [0.05, 0.1) is 42.9 Å². The number of amides is 1. The Morgan fingerprint density at radius 1 is 1.31 bits per heavy atom. The highest BCUT2D eigenvalue weighted by molar-refractivity contribution is 6.30. The number of anilines is 3. The van der Waals surface area contributed by atoms with E-state index in [0.29, 0.717) is 41.7 Å². The van der Waals surface area contributed by atoms with Gasteiger partial charge in [-0.3, -0.25) is 4.79 Å². The van der Waals surface area contributed by atoms with E-state index in [1.165, 1.54) is 12.1 Å². The van der Waals surface area contributed by atoms with Crippen LogP contribution in [0.5, 0.6) is 0 Å². The minimum Gasteiger partial charge on any atom is -0.364 e. The Labute approximate surface area is 171 Å². The van der Waals surface area contributed by atoms with Crippen molar-refractivity contribution in [2.75, 3.05) is 29.1 Å². The molecular weight excluding hydrogens is 397 g/mol. The summed E-state index contributed by atoms with van der Waals surface area (Å²) in [6.07, 6.45) is 1.78. The first-order valence-corrected chi connectivity index (χ1v) is 9.35. The van der Waals surface area contributed by atoms with Crippen LogP contribution in [-0.2, 0) is 17.9 Å². The van der Waals surface area contributed by atoms with Crippen molar-refractivity contribution in [3.8, 4) is 0 Å². The molecule has 150 valence electrons. The third-order valence-corrected chi connectivity index (χ3v) is 4.76. The van der Waals surface area contributed by atoms with Gasteiger partial charge in [0.15, 0.2) is 0 Å². The predicted octanol–water partition coefficient (Wildman–Crippen LogP) is 2.82. The van der Waals surface area contributed by atoms with Gasteiger partial charge in [-0.1, -0.05) is 16.8 Å². The number of likely N-dealkylation sites (N-methyl/N-ethyl adjacent to an activating group) is 1. The highest BCUT2D eigenvalue weighted by Gasteiger charge is 2.22. The van der Waals surface area contributed by atoms with Crippen LogP contribution >= 0.6 is 11.6 Å². The Balaban J connectivity index is 1.44. The first kappa shape index (κ1) is 19.1. The lowest BCUT2D eigenvalue weighted by molar-refractivity contribution is -0.115. The highest BCUT2D eigenvalue weighted by Crippen LogP contribution is 2.32. The lowest BCUT2D eigenvalue weighted by Gasteiger charge is -2.28. The van der Waals surface area contributed by atoms with Crippen molar-refractivity contribution in [3.63, 3.8) is 0 Å². The number of aryl methyl sites for hydroxylation is 1. The molecule has 1 aliphatic heterocycles. The quantitative estimate of drug-likeness (QED) is 0.666. The zero-order valence-electron chi connectivity index (χ0n) is 15.9. The second-order valence-corrected chi connectivity index (χ2v) is 7.37. The third kappa shape index (κ3) is 4.29. The largest absolute Gasteiger partial charge is 0.364 e. The standard InChI is InChI=1S/C19H19ClFN7O/c1-11-19-16(27(2)10-18(29)24-19)6-17(23-11)22-7-15-9-28(26-25-15)8-12-3-13(20)5-14(21)4-12/h3-6,9H,7-8,10H2,1-2H3,(H,22,23)(H,24,29). The predicted molar refractivity (Wildman–Crippen MR) is 109 cm³/mol. The summed E-state index contributed by atoms with van der Waals surface area (Å²) in [6, 6.07) is 6.26. The number of halogens is 2. The number of carbonyl (C=O) groups is 1. The van der Waals surface area contributed by atoms with Gasteiger partial charge in [-0.15, -0.1) is 5.10 Å². The van der Waals surface area contributed by atoms with Gasteiger partial charge in [0.2, 0.25) is 5.91 Å². The van der Waals surface area contributed by atoms with E-state index in [9.17, 15) is 9.18 Å². The molecule has 4 rings (SSSR count). The Bertz CT molecular complexity index is 1060. The van der Waals surface area contributed by atoms with Crippen molar-refractivity contribution in [2.45, 2.75) is 20.0 Å². The van der Waals surface area contributed by atoms with Crippen LogP contribution in [0.25, 0.3) is 0 Å². The number of hydrogen-bond acceptors (Lipinski definition) is 6. The molecule has 0 radical (unpaired) electrons. The number of nitrogens with zero attached hydrogens (tertiary/aromatic N) is 5. The van der Waals surface area contributed by atoms with E-state index in [0.717, 1.165) is 17.1 Å². The fraction of sp³-hybridized carbons (Fsp3) is 0.263. The fourth-order valence-electron chi connectivity index (χ4n) is 3.25. The lowest BCUT2D eigenvalue weighted by atomic mass is 10.2. The van der Waals surface area contributed by atoms with Gasteiger partial charge in [-0.2, -0.15) is 0 Å². The molecule has 1 amide bonds. The van der Waals surface area contributed by atoms with E-state index in [-0.39, 0.29) is 11.7 Å². The normalized spacial score (nSPS) is 13.2. The summed E-state index contributed by atoms with van der Waals surface area (Å²) >= 11 is 5.89. The second-order valence-electron chi connectivity index (χ2n) is 6.93. The van der Waals surface area contributed by atoms with Gasteiger partial charge in [0, 0.05) is 18.1 Å². The molecule has 0 saturated carbocycles. The molecule has 0 aliphatic carbocycles. The molecule has 0 fully saturated rings. The zero-order chi connectivity index (χ0) is 20.5. The average molecular weight is 416 g/mol. The summed E-state index contributed by atoms with van der Waals surface area (Å²) in [5.74, 6) is 0.238. The van der Waals surface area contributed by atoms with Gasteiger partial charge < -0.3 is 15.5 Å². The summed E-state index contributed by atoms with van der Waals surface area (Å²) < 4.78 is 15.1. The van der Waals surface area contributed by atoms with E-state index < -0.39 is 0 Å². The van der Waals surface area contributed by atoms with E-state index in [1.807, 2.05) is 24.9 Å². The third-order valence-electron chi connectivity index (χ3n) is 4.54. The Morgan fingerprint density at radius 3 is 2.93 bits per heavy atom. The second kappa shape index (κ2) is 7.67. The molecule has 2 aromatic heterocycles. The minimum absolute atomic E-state index is 0.0539. The number of carbonyl (C=O) groups excluding carboxylic acids is 1. The number of aromatic nitrogens is 4. The molecule has 8 nitrogen and oxygen atoms in total. The van der Waals surface area contributed by atoms with Crippen LogP contribution in [0.3, 0.4) is 0 Å². The lowest BCUT2D eigenvalue weighted by Crippen LogP contribution is -2.36. The number of nitrogens with one attached hydrogen (secondary N) is 2.